The van der Waals surface area contributed by atoms with Crippen LogP contribution in [0.4, 0.5) is 0 Å². The molecule has 2 heterocycles. The first kappa shape index (κ1) is 28.7. The molecule has 0 amide bonds. The summed E-state index contributed by atoms with van der Waals surface area (Å²) in [6.07, 6.45) is 12.7. The van der Waals surface area contributed by atoms with Crippen LogP contribution >= 0.6 is 0 Å². The number of furan rings is 1. The predicted octanol–water partition coefficient (Wildman–Crippen LogP) is 10.9. The number of phenolic OH excluding ortho intramolecular Hbond substituents is 1. The zero-order chi connectivity index (χ0) is 29.4. The van der Waals surface area contributed by atoms with Crippen molar-refractivity contribution in [2.45, 2.75) is 71.1 Å². The number of hydrogen-bond acceptors (Lipinski definition) is 5. The maximum absolute atomic E-state index is 10.7. The van der Waals surface area contributed by atoms with Crippen molar-refractivity contribution in [3.8, 4) is 34.3 Å². The van der Waals surface area contributed by atoms with E-state index in [1.807, 2.05) is 42.5 Å². The van der Waals surface area contributed by atoms with Crippen LogP contribution in [-0.4, -0.2) is 21.7 Å². The fourth-order valence-electron chi connectivity index (χ4n) is 5.99. The Balaban J connectivity index is 1.27. The van der Waals surface area contributed by atoms with Gasteiger partial charge in [-0.3, -0.25) is 0 Å². The quantitative estimate of drug-likeness (QED) is 0.131. The molecule has 220 valence electrons. The van der Waals surface area contributed by atoms with Gasteiger partial charge in [-0.05, 0) is 41.5 Å². The van der Waals surface area contributed by atoms with Crippen molar-refractivity contribution in [1.29, 1.82) is 0 Å². The number of fused-ring (bicyclic) bond motifs is 5. The standard InChI is InChI=1S/C38H40N2O3/c1-2-3-4-5-6-7-8-9-10-17-24-42-36-26-32(39-38(40-36)29-20-13-15-22-33(29)41)31-25-35-37(28-19-12-11-18-27(28)31)30-21-14-16-23-34(30)43-35/h11-16,18-23,25-26,41H,2-10,17,24H2,1H3. The monoisotopic (exact) mass is 572 g/mol. The molecule has 5 nitrogen and oxygen atoms in total. The SMILES string of the molecule is CCCCCCCCCCCCOc1cc(-c2cc3oc4ccccc4c3c3ccccc23)nc(-c2ccccc2O)n1. The number of rotatable bonds is 14. The van der Waals surface area contributed by atoms with E-state index in [0.717, 1.165) is 56.8 Å². The van der Waals surface area contributed by atoms with Gasteiger partial charge in [-0.15, -0.1) is 0 Å². The molecule has 6 aromatic rings. The van der Waals surface area contributed by atoms with E-state index < -0.39 is 0 Å². The average Bonchev–Trinajstić information content (AvgIpc) is 3.42. The fraction of sp³-hybridized carbons (Fsp3) is 0.316. The number of para-hydroxylation sites is 2. The van der Waals surface area contributed by atoms with E-state index in [0.29, 0.717) is 23.9 Å². The van der Waals surface area contributed by atoms with Gasteiger partial charge < -0.3 is 14.3 Å². The number of unbranched alkanes of at least 4 members (excludes halogenated alkanes) is 9. The molecule has 0 bridgehead atoms. The minimum Gasteiger partial charge on any atom is -0.507 e. The van der Waals surface area contributed by atoms with Gasteiger partial charge in [0.15, 0.2) is 5.82 Å². The molecule has 0 unspecified atom stereocenters. The molecule has 0 aliphatic carbocycles. The highest BCUT2D eigenvalue weighted by molar-refractivity contribution is 6.21. The van der Waals surface area contributed by atoms with Gasteiger partial charge in [0.1, 0.15) is 16.9 Å². The highest BCUT2D eigenvalue weighted by Crippen LogP contribution is 2.40. The van der Waals surface area contributed by atoms with Crippen LogP contribution in [0.15, 0.2) is 89.3 Å². The summed E-state index contributed by atoms with van der Waals surface area (Å²) in [5.41, 5.74) is 3.90. The Morgan fingerprint density at radius 3 is 2.05 bits per heavy atom. The molecular formula is C38H40N2O3. The molecule has 4 aromatic carbocycles. The number of ether oxygens (including phenoxy) is 1. The van der Waals surface area contributed by atoms with Crippen LogP contribution in [0.1, 0.15) is 71.1 Å². The number of nitrogens with zero attached hydrogens (tertiary/aromatic N) is 2. The minimum atomic E-state index is 0.137. The van der Waals surface area contributed by atoms with Crippen LogP contribution in [0.3, 0.4) is 0 Å². The molecule has 0 saturated heterocycles. The molecule has 0 atom stereocenters. The summed E-state index contributed by atoms with van der Waals surface area (Å²) in [6, 6.07) is 27.7. The molecule has 0 radical (unpaired) electrons. The number of aromatic hydroxyl groups is 1. The lowest BCUT2D eigenvalue weighted by Gasteiger charge is -2.13. The van der Waals surface area contributed by atoms with Gasteiger partial charge in [-0.1, -0.05) is 119 Å². The first-order valence-corrected chi connectivity index (χ1v) is 15.9. The van der Waals surface area contributed by atoms with Crippen LogP contribution in [0.25, 0.3) is 55.4 Å². The maximum Gasteiger partial charge on any atom is 0.217 e. The third kappa shape index (κ3) is 6.51. The molecule has 6 rings (SSSR count). The van der Waals surface area contributed by atoms with Crippen molar-refractivity contribution in [2.24, 2.45) is 0 Å². The van der Waals surface area contributed by atoms with Crippen molar-refractivity contribution >= 4 is 32.7 Å². The molecule has 0 spiro atoms. The van der Waals surface area contributed by atoms with Gasteiger partial charge in [0.2, 0.25) is 5.88 Å². The van der Waals surface area contributed by atoms with E-state index in [-0.39, 0.29) is 5.75 Å². The summed E-state index contributed by atoms with van der Waals surface area (Å²) in [6.45, 7) is 2.86. The van der Waals surface area contributed by atoms with Crippen molar-refractivity contribution in [3.05, 3.63) is 84.9 Å². The van der Waals surface area contributed by atoms with Gasteiger partial charge in [-0.25, -0.2) is 4.98 Å². The second-order valence-corrected chi connectivity index (χ2v) is 11.4. The molecular weight excluding hydrogens is 532 g/mol. The zero-order valence-corrected chi connectivity index (χ0v) is 25.0. The molecule has 43 heavy (non-hydrogen) atoms. The molecule has 0 fully saturated rings. The smallest absolute Gasteiger partial charge is 0.217 e. The summed E-state index contributed by atoms with van der Waals surface area (Å²) < 4.78 is 12.5. The van der Waals surface area contributed by atoms with E-state index in [4.69, 9.17) is 19.1 Å². The van der Waals surface area contributed by atoms with Crippen molar-refractivity contribution in [2.75, 3.05) is 6.61 Å². The Morgan fingerprint density at radius 2 is 1.28 bits per heavy atom. The molecule has 5 heteroatoms. The number of benzene rings is 4. The Bertz CT molecular complexity index is 1820. The third-order valence-electron chi connectivity index (χ3n) is 8.26. The van der Waals surface area contributed by atoms with Crippen LogP contribution in [-0.2, 0) is 0 Å². The molecule has 2 aromatic heterocycles. The zero-order valence-electron chi connectivity index (χ0n) is 25.0. The summed E-state index contributed by atoms with van der Waals surface area (Å²) in [5, 5.41) is 15.0. The Kier molecular flexibility index (Phi) is 9.17. The fourth-order valence-corrected chi connectivity index (χ4v) is 5.99. The predicted molar refractivity (Wildman–Crippen MR) is 177 cm³/mol. The van der Waals surface area contributed by atoms with Gasteiger partial charge in [-0.2, -0.15) is 4.98 Å². The van der Waals surface area contributed by atoms with Crippen molar-refractivity contribution < 1.29 is 14.3 Å². The van der Waals surface area contributed by atoms with Crippen LogP contribution < -0.4 is 4.74 Å². The lowest BCUT2D eigenvalue weighted by molar-refractivity contribution is 0.293. The van der Waals surface area contributed by atoms with Gasteiger partial charge in [0, 0.05) is 22.4 Å². The first-order chi connectivity index (χ1) is 21.2. The minimum absolute atomic E-state index is 0.137. The maximum atomic E-state index is 10.7. The third-order valence-corrected chi connectivity index (χ3v) is 8.26. The Hall–Kier alpha value is -4.38. The molecule has 0 aliphatic heterocycles. The summed E-state index contributed by atoms with van der Waals surface area (Å²) in [4.78, 5) is 9.69. The number of phenols is 1. The van der Waals surface area contributed by atoms with Gasteiger partial charge in [0.25, 0.3) is 0 Å². The largest absolute Gasteiger partial charge is 0.507 e. The second-order valence-electron chi connectivity index (χ2n) is 11.4. The summed E-state index contributed by atoms with van der Waals surface area (Å²) in [7, 11) is 0. The number of aromatic nitrogens is 2. The van der Waals surface area contributed by atoms with Crippen LogP contribution in [0.2, 0.25) is 0 Å². The van der Waals surface area contributed by atoms with Gasteiger partial charge >= 0.3 is 0 Å². The molecule has 1 N–H and O–H groups in total. The second kappa shape index (κ2) is 13.7. The van der Waals surface area contributed by atoms with E-state index in [1.165, 1.54) is 51.4 Å². The van der Waals surface area contributed by atoms with E-state index >= 15 is 0 Å². The van der Waals surface area contributed by atoms with Crippen molar-refractivity contribution in [1.82, 2.24) is 9.97 Å². The Labute approximate surface area is 253 Å². The van der Waals surface area contributed by atoms with Crippen LogP contribution in [0, 0.1) is 0 Å². The van der Waals surface area contributed by atoms with E-state index in [2.05, 4.69) is 37.3 Å². The normalized spacial score (nSPS) is 11.6. The molecule has 0 saturated carbocycles. The highest BCUT2D eigenvalue weighted by atomic mass is 16.5. The highest BCUT2D eigenvalue weighted by Gasteiger charge is 2.18. The average molecular weight is 573 g/mol. The van der Waals surface area contributed by atoms with Crippen molar-refractivity contribution in [3.63, 3.8) is 0 Å². The van der Waals surface area contributed by atoms with Gasteiger partial charge in [0.05, 0.1) is 17.9 Å². The lowest BCUT2D eigenvalue weighted by atomic mass is 9.97. The van der Waals surface area contributed by atoms with E-state index in [1.54, 1.807) is 12.1 Å². The Morgan fingerprint density at radius 1 is 0.628 bits per heavy atom. The summed E-state index contributed by atoms with van der Waals surface area (Å²) in [5.74, 6) is 1.08. The van der Waals surface area contributed by atoms with E-state index in [9.17, 15) is 5.11 Å². The lowest BCUT2D eigenvalue weighted by Crippen LogP contribution is -2.02. The first-order valence-electron chi connectivity index (χ1n) is 15.9. The number of hydrogen-bond donors (Lipinski definition) is 1. The topological polar surface area (TPSA) is 68.4 Å². The summed E-state index contributed by atoms with van der Waals surface area (Å²) >= 11 is 0. The molecule has 0 aliphatic rings. The van der Waals surface area contributed by atoms with Crippen LogP contribution in [0.5, 0.6) is 11.6 Å².